The van der Waals surface area contributed by atoms with Gasteiger partial charge in [-0.2, -0.15) is 13.2 Å². The van der Waals surface area contributed by atoms with Gasteiger partial charge in [0.25, 0.3) is 0 Å². The predicted octanol–water partition coefficient (Wildman–Crippen LogP) is 3.41. The van der Waals surface area contributed by atoms with Gasteiger partial charge in [-0.3, -0.25) is 4.79 Å². The number of carbonyl (C=O) groups excluding carboxylic acids is 1. The lowest BCUT2D eigenvalue weighted by Crippen LogP contribution is -2.42. The molecule has 140 valence electrons. The van der Waals surface area contributed by atoms with Crippen LogP contribution in [-0.2, 0) is 26.6 Å². The van der Waals surface area contributed by atoms with E-state index in [0.717, 1.165) is 37.8 Å². The first-order chi connectivity index (χ1) is 11.6. The molecule has 25 heavy (non-hydrogen) atoms. The summed E-state index contributed by atoms with van der Waals surface area (Å²) < 4.78 is 64.2. The topological polar surface area (TPSA) is 54.5 Å². The summed E-state index contributed by atoms with van der Waals surface area (Å²) >= 11 is 0. The Morgan fingerprint density at radius 3 is 2.24 bits per heavy atom. The fourth-order valence-corrected chi connectivity index (χ4v) is 4.36. The van der Waals surface area contributed by atoms with E-state index in [4.69, 9.17) is 0 Å². The van der Waals surface area contributed by atoms with Crippen molar-refractivity contribution in [1.82, 2.24) is 4.90 Å². The lowest BCUT2D eigenvalue weighted by atomic mass is 10.1. The second kappa shape index (κ2) is 7.76. The summed E-state index contributed by atoms with van der Waals surface area (Å²) in [4.78, 5) is 14.0. The van der Waals surface area contributed by atoms with Gasteiger partial charge in [0.15, 0.2) is 9.84 Å². The summed E-state index contributed by atoms with van der Waals surface area (Å²) in [6.07, 6.45) is -1.03. The molecular weight excluding hydrogens is 355 g/mol. The summed E-state index contributed by atoms with van der Waals surface area (Å²) in [7, 11) is -4.05. The molecule has 0 bridgehead atoms. The number of halogens is 3. The van der Waals surface area contributed by atoms with E-state index < -0.39 is 38.5 Å². The van der Waals surface area contributed by atoms with E-state index in [2.05, 4.69) is 0 Å². The number of hydrogen-bond donors (Lipinski definition) is 0. The first-order valence-corrected chi connectivity index (χ1v) is 10.00. The smallest absolute Gasteiger partial charge is 0.342 e. The molecule has 1 atom stereocenters. The van der Waals surface area contributed by atoms with Crippen molar-refractivity contribution in [2.45, 2.75) is 49.8 Å². The number of hydrogen-bond acceptors (Lipinski definition) is 3. The van der Waals surface area contributed by atoms with Crippen LogP contribution in [0.2, 0.25) is 0 Å². The monoisotopic (exact) mass is 377 g/mol. The minimum atomic E-state index is -4.63. The van der Waals surface area contributed by atoms with Crippen molar-refractivity contribution >= 4 is 15.7 Å². The van der Waals surface area contributed by atoms with Gasteiger partial charge in [0.05, 0.1) is 11.3 Å². The van der Waals surface area contributed by atoms with E-state index in [1.165, 1.54) is 24.0 Å². The summed E-state index contributed by atoms with van der Waals surface area (Å²) in [6, 6.07) is 4.57. The Labute approximate surface area is 145 Å². The minimum Gasteiger partial charge on any atom is -0.342 e. The second-order valence-corrected chi connectivity index (χ2v) is 8.67. The number of alkyl halides is 3. The summed E-state index contributed by atoms with van der Waals surface area (Å²) in [5.74, 6) is -1.32. The lowest BCUT2D eigenvalue weighted by molar-refractivity contribution is -0.138. The summed E-state index contributed by atoms with van der Waals surface area (Å²) in [5.41, 5.74) is -1.31. The van der Waals surface area contributed by atoms with Crippen molar-refractivity contribution in [1.29, 1.82) is 0 Å². The van der Waals surface area contributed by atoms with Gasteiger partial charge in [0.1, 0.15) is 5.25 Å². The minimum absolute atomic E-state index is 0.328. The van der Waals surface area contributed by atoms with Crippen LogP contribution in [0, 0.1) is 0 Å². The van der Waals surface area contributed by atoms with Crippen molar-refractivity contribution in [3.8, 4) is 0 Å². The number of amides is 1. The number of sulfone groups is 1. The molecule has 2 rings (SSSR count). The van der Waals surface area contributed by atoms with Crippen molar-refractivity contribution in [2.75, 3.05) is 13.1 Å². The molecule has 0 spiro atoms. The highest BCUT2D eigenvalue weighted by Gasteiger charge is 2.37. The highest BCUT2D eigenvalue weighted by molar-refractivity contribution is 7.92. The second-order valence-electron chi connectivity index (χ2n) is 6.34. The zero-order valence-electron chi connectivity index (χ0n) is 14.1. The van der Waals surface area contributed by atoms with Crippen molar-refractivity contribution in [3.63, 3.8) is 0 Å². The molecule has 0 radical (unpaired) electrons. The fourth-order valence-electron chi connectivity index (χ4n) is 2.97. The van der Waals surface area contributed by atoms with Crippen LogP contribution in [0.5, 0.6) is 0 Å². The molecule has 0 N–H and O–H groups in total. The molecule has 0 unspecified atom stereocenters. The lowest BCUT2D eigenvalue weighted by Gasteiger charge is -2.24. The highest BCUT2D eigenvalue weighted by Crippen LogP contribution is 2.33. The molecule has 1 fully saturated rings. The molecule has 8 heteroatoms. The maximum Gasteiger partial charge on any atom is 0.416 e. The molecule has 4 nitrogen and oxygen atoms in total. The summed E-state index contributed by atoms with van der Waals surface area (Å²) in [5, 5.41) is -1.35. The van der Waals surface area contributed by atoms with Crippen LogP contribution < -0.4 is 0 Å². The van der Waals surface area contributed by atoms with Gasteiger partial charge in [-0.15, -0.1) is 0 Å². The summed E-state index contributed by atoms with van der Waals surface area (Å²) in [6.45, 7) is 2.26. The molecule has 1 aromatic rings. The maximum absolute atomic E-state index is 13.0. The van der Waals surface area contributed by atoms with Crippen LogP contribution >= 0.6 is 0 Å². The molecule has 1 saturated heterocycles. The van der Waals surface area contributed by atoms with Gasteiger partial charge in [-0.05, 0) is 31.4 Å². The third kappa shape index (κ3) is 4.96. The third-order valence-corrected chi connectivity index (χ3v) is 6.48. The number of nitrogens with zero attached hydrogens (tertiary/aromatic N) is 1. The SMILES string of the molecule is C[C@@H](C(=O)N1CCCCCC1)S(=O)(=O)Cc1ccccc1C(F)(F)F. The molecule has 0 aromatic heterocycles. The van der Waals surface area contributed by atoms with Gasteiger partial charge >= 0.3 is 6.18 Å². The molecule has 1 aliphatic heterocycles. The van der Waals surface area contributed by atoms with Crippen molar-refractivity contribution < 1.29 is 26.4 Å². The Kier molecular flexibility index (Phi) is 6.13. The Hall–Kier alpha value is -1.57. The van der Waals surface area contributed by atoms with Crippen molar-refractivity contribution in [2.24, 2.45) is 0 Å². The van der Waals surface area contributed by atoms with Crippen LogP contribution in [0.15, 0.2) is 24.3 Å². The molecule has 1 heterocycles. The van der Waals surface area contributed by atoms with Crippen LogP contribution in [-0.4, -0.2) is 37.6 Å². The Bertz CT molecular complexity index is 708. The Balaban J connectivity index is 2.20. The van der Waals surface area contributed by atoms with E-state index in [1.807, 2.05) is 0 Å². The quantitative estimate of drug-likeness (QED) is 0.808. The first kappa shape index (κ1) is 19.8. The van der Waals surface area contributed by atoms with Crippen LogP contribution in [0.4, 0.5) is 13.2 Å². The average Bonchev–Trinajstić information content (AvgIpc) is 2.81. The van der Waals surface area contributed by atoms with Gasteiger partial charge in [0, 0.05) is 13.1 Å². The zero-order valence-corrected chi connectivity index (χ0v) is 14.9. The number of rotatable bonds is 4. The molecule has 1 aromatic carbocycles. The number of benzene rings is 1. The number of likely N-dealkylation sites (tertiary alicyclic amines) is 1. The molecule has 1 amide bonds. The largest absolute Gasteiger partial charge is 0.416 e. The standard InChI is InChI=1S/C17H22F3NO3S/c1-13(16(22)21-10-6-2-3-7-11-21)25(23,24)12-14-8-4-5-9-15(14)17(18,19)20/h4-5,8-9,13H,2-3,6-7,10-12H2,1H3/t13-/m0/s1. The normalized spacial score (nSPS) is 17.8. The van der Waals surface area contributed by atoms with E-state index in [9.17, 15) is 26.4 Å². The van der Waals surface area contributed by atoms with Gasteiger partial charge in [-0.25, -0.2) is 8.42 Å². The molecule has 0 saturated carbocycles. The molecular formula is C17H22F3NO3S. The van der Waals surface area contributed by atoms with Crippen molar-refractivity contribution in [3.05, 3.63) is 35.4 Å². The fraction of sp³-hybridized carbons (Fsp3) is 0.588. The van der Waals surface area contributed by atoms with Gasteiger partial charge in [-0.1, -0.05) is 31.0 Å². The van der Waals surface area contributed by atoms with E-state index in [0.29, 0.717) is 13.1 Å². The molecule has 0 aliphatic carbocycles. The Morgan fingerprint density at radius 1 is 1.12 bits per heavy atom. The van der Waals surface area contributed by atoms with E-state index in [1.54, 1.807) is 0 Å². The maximum atomic E-state index is 13.0. The molecule has 1 aliphatic rings. The Morgan fingerprint density at radius 2 is 1.68 bits per heavy atom. The van der Waals surface area contributed by atoms with Crippen LogP contribution in [0.25, 0.3) is 0 Å². The van der Waals surface area contributed by atoms with E-state index in [-0.39, 0.29) is 5.56 Å². The van der Waals surface area contributed by atoms with E-state index >= 15 is 0 Å². The van der Waals surface area contributed by atoms with Gasteiger partial charge in [0.2, 0.25) is 5.91 Å². The zero-order chi connectivity index (χ0) is 18.7. The van der Waals surface area contributed by atoms with Gasteiger partial charge < -0.3 is 4.90 Å². The predicted molar refractivity (Wildman–Crippen MR) is 88.6 cm³/mol. The average molecular weight is 377 g/mol. The number of carbonyl (C=O) groups is 1. The first-order valence-electron chi connectivity index (χ1n) is 8.28. The van der Waals surface area contributed by atoms with Crippen LogP contribution in [0.3, 0.4) is 0 Å². The van der Waals surface area contributed by atoms with Crippen LogP contribution in [0.1, 0.15) is 43.7 Å². The third-order valence-electron chi connectivity index (χ3n) is 4.48. The highest BCUT2D eigenvalue weighted by atomic mass is 32.2.